The molecule has 102 valence electrons. The Hall–Kier alpha value is -1.93. The monoisotopic (exact) mass is 282 g/mol. The number of para-hydroxylation sites is 1. The second-order valence-corrected chi connectivity index (χ2v) is 5.82. The lowest BCUT2D eigenvalue weighted by atomic mass is 10.2. The minimum absolute atomic E-state index is 0.0318. The van der Waals surface area contributed by atoms with Crippen LogP contribution < -0.4 is 10.5 Å². The average Bonchev–Trinajstić information content (AvgIpc) is 2.76. The number of nitrogen functional groups attached to an aromatic ring is 1. The van der Waals surface area contributed by atoms with Crippen molar-refractivity contribution in [2.75, 3.05) is 5.73 Å². The van der Waals surface area contributed by atoms with Crippen LogP contribution in [0, 0.1) is 6.92 Å². The fourth-order valence-corrected chi connectivity index (χ4v) is 2.62. The quantitative estimate of drug-likeness (QED) is 0.776. The van der Waals surface area contributed by atoms with Gasteiger partial charge in [-0.3, -0.25) is 0 Å². The fraction of sp³-hybridized carbons (Fsp3) is 0.273. The molecule has 7 nitrogen and oxygen atoms in total. The van der Waals surface area contributed by atoms with Gasteiger partial charge in [0, 0.05) is 5.69 Å². The molecule has 0 bridgehead atoms. The summed E-state index contributed by atoms with van der Waals surface area (Å²) in [6.07, 6.45) is 0. The predicted octanol–water partition coefficient (Wildman–Crippen LogP) is 0.580. The van der Waals surface area contributed by atoms with E-state index in [-0.39, 0.29) is 18.2 Å². The van der Waals surface area contributed by atoms with E-state index in [0.29, 0.717) is 17.1 Å². The molecule has 0 atom stereocenters. The molecule has 0 unspecified atom stereocenters. The van der Waals surface area contributed by atoms with Gasteiger partial charge in [0.2, 0.25) is 15.9 Å². The summed E-state index contributed by atoms with van der Waals surface area (Å²) in [5.41, 5.74) is 6.70. The van der Waals surface area contributed by atoms with E-state index >= 15 is 0 Å². The first-order valence-corrected chi connectivity index (χ1v) is 7.21. The van der Waals surface area contributed by atoms with Gasteiger partial charge in [-0.2, -0.15) is 4.98 Å². The molecule has 0 saturated heterocycles. The third-order valence-electron chi connectivity index (χ3n) is 2.41. The molecule has 0 amide bonds. The van der Waals surface area contributed by atoms with E-state index < -0.39 is 10.0 Å². The predicted molar refractivity (Wildman–Crippen MR) is 69.4 cm³/mol. The Balaban J connectivity index is 2.01. The minimum Gasteiger partial charge on any atom is -0.398 e. The number of rotatable bonds is 5. The Morgan fingerprint density at radius 1 is 1.37 bits per heavy atom. The summed E-state index contributed by atoms with van der Waals surface area (Å²) in [7, 11) is -3.50. The van der Waals surface area contributed by atoms with Crippen molar-refractivity contribution in [3.63, 3.8) is 0 Å². The van der Waals surface area contributed by atoms with Crippen molar-refractivity contribution in [3.05, 3.63) is 41.5 Å². The van der Waals surface area contributed by atoms with Crippen molar-refractivity contribution < 1.29 is 12.9 Å². The van der Waals surface area contributed by atoms with Gasteiger partial charge in [0.05, 0.1) is 12.3 Å². The van der Waals surface area contributed by atoms with Crippen LogP contribution in [0.4, 0.5) is 5.69 Å². The van der Waals surface area contributed by atoms with Crippen LogP contribution in [0.2, 0.25) is 0 Å². The summed E-state index contributed by atoms with van der Waals surface area (Å²) >= 11 is 0. The Morgan fingerprint density at radius 2 is 2.11 bits per heavy atom. The van der Waals surface area contributed by atoms with E-state index in [9.17, 15) is 8.42 Å². The second-order valence-electron chi connectivity index (χ2n) is 4.01. The molecule has 0 aliphatic carbocycles. The van der Waals surface area contributed by atoms with E-state index in [0.717, 1.165) is 0 Å². The standard InChI is InChI=1S/C11H14N4O3S/c1-8-14-11(18-15-8)6-13-19(16,17)7-9-4-2-3-5-10(9)12/h2-5,13H,6-7,12H2,1H3. The molecule has 19 heavy (non-hydrogen) atoms. The zero-order valence-electron chi connectivity index (χ0n) is 10.3. The SMILES string of the molecule is Cc1noc(CNS(=O)(=O)Cc2ccccc2N)n1. The van der Waals surface area contributed by atoms with Gasteiger partial charge in [0.25, 0.3) is 0 Å². The van der Waals surface area contributed by atoms with E-state index in [1.807, 2.05) is 0 Å². The van der Waals surface area contributed by atoms with Gasteiger partial charge in [-0.25, -0.2) is 13.1 Å². The van der Waals surface area contributed by atoms with Crippen molar-refractivity contribution in [1.29, 1.82) is 0 Å². The van der Waals surface area contributed by atoms with Gasteiger partial charge < -0.3 is 10.3 Å². The number of nitrogens with zero attached hydrogens (tertiary/aromatic N) is 2. The molecule has 0 aliphatic heterocycles. The molecular formula is C11H14N4O3S. The summed E-state index contributed by atoms with van der Waals surface area (Å²) in [5.74, 6) is 0.496. The molecule has 0 fully saturated rings. The lowest BCUT2D eigenvalue weighted by Crippen LogP contribution is -2.25. The maximum absolute atomic E-state index is 11.9. The van der Waals surface area contributed by atoms with E-state index in [4.69, 9.17) is 10.3 Å². The van der Waals surface area contributed by atoms with Gasteiger partial charge in [-0.15, -0.1) is 0 Å². The first-order valence-electron chi connectivity index (χ1n) is 5.56. The molecule has 8 heteroatoms. The molecular weight excluding hydrogens is 268 g/mol. The van der Waals surface area contributed by atoms with Crippen LogP contribution in [-0.2, 0) is 22.3 Å². The molecule has 1 heterocycles. The van der Waals surface area contributed by atoms with Gasteiger partial charge >= 0.3 is 0 Å². The molecule has 0 saturated carbocycles. The first kappa shape index (κ1) is 13.5. The van der Waals surface area contributed by atoms with Crippen molar-refractivity contribution in [2.24, 2.45) is 0 Å². The van der Waals surface area contributed by atoms with E-state index in [1.165, 1.54) is 0 Å². The molecule has 0 aliphatic rings. The summed E-state index contributed by atoms with van der Waals surface area (Å²) in [6.45, 7) is 1.63. The largest absolute Gasteiger partial charge is 0.398 e. The van der Waals surface area contributed by atoms with Crippen LogP contribution in [0.5, 0.6) is 0 Å². The number of anilines is 1. The maximum atomic E-state index is 11.9. The first-order chi connectivity index (χ1) is 8.96. The Morgan fingerprint density at radius 3 is 2.74 bits per heavy atom. The normalized spacial score (nSPS) is 11.6. The van der Waals surface area contributed by atoms with E-state index in [1.54, 1.807) is 31.2 Å². The van der Waals surface area contributed by atoms with Gasteiger partial charge in [-0.05, 0) is 18.6 Å². The maximum Gasteiger partial charge on any atom is 0.241 e. The van der Waals surface area contributed by atoms with Gasteiger partial charge in [-0.1, -0.05) is 23.4 Å². The second kappa shape index (κ2) is 5.37. The third kappa shape index (κ3) is 3.76. The molecule has 0 spiro atoms. The molecule has 0 radical (unpaired) electrons. The zero-order valence-corrected chi connectivity index (χ0v) is 11.1. The summed E-state index contributed by atoms with van der Waals surface area (Å²) in [4.78, 5) is 3.91. The topological polar surface area (TPSA) is 111 Å². The number of aryl methyl sites for hydroxylation is 1. The minimum atomic E-state index is -3.50. The van der Waals surface area contributed by atoms with E-state index in [2.05, 4.69) is 14.9 Å². The highest BCUT2D eigenvalue weighted by Crippen LogP contribution is 2.13. The molecule has 2 aromatic rings. The number of nitrogens with two attached hydrogens (primary N) is 1. The molecule has 1 aromatic carbocycles. The number of aromatic nitrogens is 2. The lowest BCUT2D eigenvalue weighted by molar-refractivity contribution is 0.372. The highest BCUT2D eigenvalue weighted by Gasteiger charge is 2.14. The van der Waals surface area contributed by atoms with Crippen molar-refractivity contribution in [3.8, 4) is 0 Å². The summed E-state index contributed by atoms with van der Waals surface area (Å²) < 4.78 is 31.0. The van der Waals surface area contributed by atoms with Crippen LogP contribution in [0.25, 0.3) is 0 Å². The molecule has 1 aromatic heterocycles. The Labute approximate surface area is 110 Å². The van der Waals surface area contributed by atoms with Gasteiger partial charge in [0.15, 0.2) is 5.82 Å². The van der Waals surface area contributed by atoms with Crippen LogP contribution >= 0.6 is 0 Å². The fourth-order valence-electron chi connectivity index (χ4n) is 1.50. The van der Waals surface area contributed by atoms with Crippen molar-refractivity contribution >= 4 is 15.7 Å². The van der Waals surface area contributed by atoms with Crippen LogP contribution in [0.3, 0.4) is 0 Å². The van der Waals surface area contributed by atoms with Gasteiger partial charge in [0.1, 0.15) is 0 Å². The third-order valence-corrected chi connectivity index (χ3v) is 3.69. The Kier molecular flexibility index (Phi) is 3.82. The smallest absolute Gasteiger partial charge is 0.241 e. The average molecular weight is 282 g/mol. The summed E-state index contributed by atoms with van der Waals surface area (Å²) in [6, 6.07) is 6.82. The number of benzene rings is 1. The molecule has 3 N–H and O–H groups in total. The van der Waals surface area contributed by atoms with Crippen LogP contribution in [-0.4, -0.2) is 18.6 Å². The number of hydrogen-bond donors (Lipinski definition) is 2. The summed E-state index contributed by atoms with van der Waals surface area (Å²) in [5, 5.41) is 3.57. The van der Waals surface area contributed by atoms with Crippen molar-refractivity contribution in [1.82, 2.24) is 14.9 Å². The van der Waals surface area contributed by atoms with Crippen LogP contribution in [0.15, 0.2) is 28.8 Å². The Bertz CT molecular complexity index is 666. The van der Waals surface area contributed by atoms with Crippen LogP contribution in [0.1, 0.15) is 17.3 Å². The highest BCUT2D eigenvalue weighted by molar-refractivity contribution is 7.88. The van der Waals surface area contributed by atoms with Crippen molar-refractivity contribution in [2.45, 2.75) is 19.2 Å². The molecule has 2 rings (SSSR count). The number of nitrogens with one attached hydrogen (secondary N) is 1. The number of hydrogen-bond acceptors (Lipinski definition) is 6. The lowest BCUT2D eigenvalue weighted by Gasteiger charge is -2.06. The number of sulfonamides is 1. The highest BCUT2D eigenvalue weighted by atomic mass is 32.2. The zero-order chi connectivity index (χ0) is 13.9.